The lowest BCUT2D eigenvalue weighted by Gasteiger charge is -2.17. The summed E-state index contributed by atoms with van der Waals surface area (Å²) in [5.74, 6) is 1.51. The van der Waals surface area contributed by atoms with Crippen LogP contribution in [0.2, 0.25) is 0 Å². The predicted octanol–water partition coefficient (Wildman–Crippen LogP) is 3.80. The molecule has 0 spiro atoms. The summed E-state index contributed by atoms with van der Waals surface area (Å²) >= 11 is 0. The summed E-state index contributed by atoms with van der Waals surface area (Å²) < 4.78 is 14.8. The summed E-state index contributed by atoms with van der Waals surface area (Å²) in [6.45, 7) is 6.14. The lowest BCUT2D eigenvalue weighted by molar-refractivity contribution is 0.626. The molecule has 0 aliphatic carbocycles. The number of halogens is 1. The van der Waals surface area contributed by atoms with Gasteiger partial charge in [0.15, 0.2) is 5.65 Å². The fourth-order valence-electron chi connectivity index (χ4n) is 2.45. The van der Waals surface area contributed by atoms with Crippen molar-refractivity contribution in [2.75, 3.05) is 5.32 Å². The van der Waals surface area contributed by atoms with Crippen LogP contribution >= 0.6 is 0 Å². The average molecular weight is 313 g/mol. The molecular formula is C17H20FN5. The largest absolute Gasteiger partial charge is 0.363 e. The van der Waals surface area contributed by atoms with E-state index >= 15 is 0 Å². The van der Waals surface area contributed by atoms with Crippen molar-refractivity contribution in [1.29, 1.82) is 0 Å². The Hall–Kier alpha value is -2.50. The Labute approximate surface area is 134 Å². The van der Waals surface area contributed by atoms with Crippen molar-refractivity contribution in [1.82, 2.24) is 19.7 Å². The first-order chi connectivity index (χ1) is 11.0. The van der Waals surface area contributed by atoms with Gasteiger partial charge in [-0.2, -0.15) is 5.10 Å². The van der Waals surface area contributed by atoms with E-state index < -0.39 is 0 Å². The van der Waals surface area contributed by atoms with Crippen LogP contribution in [0.3, 0.4) is 0 Å². The van der Waals surface area contributed by atoms with Gasteiger partial charge in [-0.3, -0.25) is 4.68 Å². The second-order valence-electron chi connectivity index (χ2n) is 6.01. The Morgan fingerprint density at radius 1 is 1.09 bits per heavy atom. The monoisotopic (exact) mass is 313 g/mol. The van der Waals surface area contributed by atoms with Gasteiger partial charge in [0.1, 0.15) is 17.5 Å². The second-order valence-corrected chi connectivity index (χ2v) is 6.01. The molecule has 23 heavy (non-hydrogen) atoms. The highest BCUT2D eigenvalue weighted by atomic mass is 19.1. The molecule has 1 N–H and O–H groups in total. The van der Waals surface area contributed by atoms with Crippen LogP contribution in [0.15, 0.2) is 30.5 Å². The fourth-order valence-corrected chi connectivity index (χ4v) is 2.45. The van der Waals surface area contributed by atoms with Gasteiger partial charge < -0.3 is 5.32 Å². The molecule has 1 aromatic carbocycles. The van der Waals surface area contributed by atoms with Gasteiger partial charge in [0.05, 0.1) is 11.6 Å². The third kappa shape index (κ3) is 3.02. The molecule has 1 atom stereocenters. The minimum atomic E-state index is -0.236. The summed E-state index contributed by atoms with van der Waals surface area (Å²) in [7, 11) is 1.87. The van der Waals surface area contributed by atoms with Crippen LogP contribution < -0.4 is 5.32 Å². The van der Waals surface area contributed by atoms with Crippen molar-refractivity contribution < 1.29 is 4.39 Å². The minimum Gasteiger partial charge on any atom is -0.363 e. The molecule has 2 heterocycles. The molecule has 6 heteroatoms. The van der Waals surface area contributed by atoms with Crippen molar-refractivity contribution in [3.8, 4) is 0 Å². The Morgan fingerprint density at radius 2 is 1.78 bits per heavy atom. The molecule has 3 rings (SSSR count). The Morgan fingerprint density at radius 3 is 2.43 bits per heavy atom. The number of benzene rings is 1. The van der Waals surface area contributed by atoms with E-state index in [-0.39, 0.29) is 17.8 Å². The van der Waals surface area contributed by atoms with E-state index in [1.807, 2.05) is 14.0 Å². The summed E-state index contributed by atoms with van der Waals surface area (Å²) in [6, 6.07) is 6.48. The number of hydrogen-bond donors (Lipinski definition) is 1. The molecule has 0 radical (unpaired) electrons. The van der Waals surface area contributed by atoms with Crippen LogP contribution in [-0.2, 0) is 7.05 Å². The minimum absolute atomic E-state index is 0.00563. The lowest BCUT2D eigenvalue weighted by Crippen LogP contribution is -2.11. The van der Waals surface area contributed by atoms with Crippen molar-refractivity contribution in [3.05, 3.63) is 47.7 Å². The summed E-state index contributed by atoms with van der Waals surface area (Å²) in [6.07, 6.45) is 1.76. The average Bonchev–Trinajstić information content (AvgIpc) is 2.89. The number of hydrogen-bond acceptors (Lipinski definition) is 4. The first kappa shape index (κ1) is 15.4. The SMILES string of the molecule is CC(C)c1nc(N[C@H](C)c2ccc(F)cc2)c2cnn(C)c2n1. The highest BCUT2D eigenvalue weighted by Crippen LogP contribution is 2.26. The normalized spacial score (nSPS) is 12.8. The van der Waals surface area contributed by atoms with Gasteiger partial charge in [0.2, 0.25) is 0 Å². The highest BCUT2D eigenvalue weighted by molar-refractivity contribution is 5.86. The van der Waals surface area contributed by atoms with Crippen LogP contribution in [0, 0.1) is 5.82 Å². The third-order valence-corrected chi connectivity index (χ3v) is 3.85. The van der Waals surface area contributed by atoms with Gasteiger partial charge >= 0.3 is 0 Å². The van der Waals surface area contributed by atoms with Crippen molar-refractivity contribution in [2.45, 2.75) is 32.7 Å². The molecule has 0 saturated heterocycles. The number of aromatic nitrogens is 4. The van der Waals surface area contributed by atoms with Gasteiger partial charge in [-0.05, 0) is 24.6 Å². The third-order valence-electron chi connectivity index (χ3n) is 3.85. The lowest BCUT2D eigenvalue weighted by atomic mass is 10.1. The second kappa shape index (κ2) is 5.95. The Kier molecular flexibility index (Phi) is 3.98. The topological polar surface area (TPSA) is 55.6 Å². The number of nitrogens with zero attached hydrogens (tertiary/aromatic N) is 4. The van der Waals surface area contributed by atoms with E-state index in [2.05, 4.69) is 34.2 Å². The van der Waals surface area contributed by atoms with Gasteiger partial charge in [-0.25, -0.2) is 14.4 Å². The molecule has 0 unspecified atom stereocenters. The van der Waals surface area contributed by atoms with Crippen molar-refractivity contribution in [3.63, 3.8) is 0 Å². The zero-order valence-electron chi connectivity index (χ0n) is 13.7. The van der Waals surface area contributed by atoms with E-state index in [4.69, 9.17) is 0 Å². The molecular weight excluding hydrogens is 293 g/mol. The molecule has 0 fully saturated rings. The van der Waals surface area contributed by atoms with Crippen LogP contribution in [0.1, 0.15) is 44.1 Å². The quantitative estimate of drug-likeness (QED) is 0.796. The maximum absolute atomic E-state index is 13.1. The first-order valence-electron chi connectivity index (χ1n) is 7.67. The maximum atomic E-state index is 13.1. The summed E-state index contributed by atoms with van der Waals surface area (Å²) in [5.41, 5.74) is 1.80. The number of nitrogens with one attached hydrogen (secondary N) is 1. The van der Waals surface area contributed by atoms with E-state index in [0.29, 0.717) is 0 Å². The number of aryl methyl sites for hydroxylation is 1. The molecule has 0 bridgehead atoms. The number of fused-ring (bicyclic) bond motifs is 1. The highest BCUT2D eigenvalue weighted by Gasteiger charge is 2.15. The Balaban J connectivity index is 1.99. The zero-order valence-corrected chi connectivity index (χ0v) is 13.7. The fraction of sp³-hybridized carbons (Fsp3) is 0.353. The molecule has 0 saturated carbocycles. The first-order valence-corrected chi connectivity index (χ1v) is 7.67. The molecule has 2 aromatic heterocycles. The number of rotatable bonds is 4. The molecule has 3 aromatic rings. The van der Waals surface area contributed by atoms with Crippen LogP contribution in [0.25, 0.3) is 11.0 Å². The molecule has 5 nitrogen and oxygen atoms in total. The standard InChI is InChI=1S/C17H20FN5/c1-10(2)15-21-16(14-9-19-23(4)17(14)22-15)20-11(3)12-5-7-13(18)8-6-12/h5-11H,1-4H3,(H,20,21,22)/t11-/m1/s1. The van der Waals surface area contributed by atoms with Gasteiger partial charge in [0.25, 0.3) is 0 Å². The van der Waals surface area contributed by atoms with Gasteiger partial charge in [0, 0.05) is 19.0 Å². The maximum Gasteiger partial charge on any atom is 0.163 e. The van der Waals surface area contributed by atoms with Crippen molar-refractivity contribution in [2.24, 2.45) is 7.05 Å². The number of anilines is 1. The van der Waals surface area contributed by atoms with E-state index in [1.54, 1.807) is 23.0 Å². The molecule has 0 aliphatic rings. The van der Waals surface area contributed by atoms with E-state index in [1.165, 1.54) is 12.1 Å². The molecule has 0 amide bonds. The Bertz CT molecular complexity index is 823. The van der Waals surface area contributed by atoms with Crippen LogP contribution in [-0.4, -0.2) is 19.7 Å². The predicted molar refractivity (Wildman–Crippen MR) is 88.8 cm³/mol. The van der Waals surface area contributed by atoms with Crippen LogP contribution in [0.5, 0.6) is 0 Å². The van der Waals surface area contributed by atoms with E-state index in [9.17, 15) is 4.39 Å². The summed E-state index contributed by atoms with van der Waals surface area (Å²) in [5, 5.41) is 8.56. The van der Waals surface area contributed by atoms with Crippen molar-refractivity contribution >= 4 is 16.9 Å². The van der Waals surface area contributed by atoms with Crippen LogP contribution in [0.4, 0.5) is 10.2 Å². The van der Waals surface area contributed by atoms with E-state index in [0.717, 1.165) is 28.2 Å². The molecule has 120 valence electrons. The van der Waals surface area contributed by atoms with Gasteiger partial charge in [-0.15, -0.1) is 0 Å². The summed E-state index contributed by atoms with van der Waals surface area (Å²) in [4.78, 5) is 9.23. The zero-order chi connectivity index (χ0) is 16.6. The van der Waals surface area contributed by atoms with Gasteiger partial charge in [-0.1, -0.05) is 26.0 Å². The smallest absolute Gasteiger partial charge is 0.163 e. The molecule has 0 aliphatic heterocycles.